The standard InChI is InChI=1S/C15H22N6O5/c1-19(2)6-17-15-18-12-9(13(24)20(15)3)16-7-21(12)14-11(25-4)10(23)8(5-22)26-14/h6-8,10-11,14,22-23H,5H2,1-4H3/t8-,10-,11-,14-/m1/s1. The van der Waals surface area contributed by atoms with Gasteiger partial charge >= 0.3 is 0 Å². The van der Waals surface area contributed by atoms with Crippen LogP contribution in [-0.2, 0) is 16.5 Å². The predicted octanol–water partition coefficient (Wildman–Crippen LogP) is -1.38. The minimum absolute atomic E-state index is 0.150. The van der Waals surface area contributed by atoms with Crippen LogP contribution in [0.5, 0.6) is 0 Å². The third-order valence-corrected chi connectivity index (χ3v) is 4.22. The molecule has 11 heteroatoms. The van der Waals surface area contributed by atoms with Crippen LogP contribution < -0.4 is 5.56 Å². The first kappa shape index (κ1) is 18.5. The van der Waals surface area contributed by atoms with Gasteiger partial charge in [-0.3, -0.25) is 13.9 Å². The van der Waals surface area contributed by atoms with E-state index in [1.165, 1.54) is 28.9 Å². The molecule has 11 nitrogen and oxygen atoms in total. The molecular weight excluding hydrogens is 344 g/mol. The van der Waals surface area contributed by atoms with Crippen LogP contribution in [0.4, 0.5) is 5.95 Å². The van der Waals surface area contributed by atoms with E-state index in [2.05, 4.69) is 15.0 Å². The molecule has 1 saturated heterocycles. The monoisotopic (exact) mass is 366 g/mol. The van der Waals surface area contributed by atoms with Crippen LogP contribution in [0.2, 0.25) is 0 Å². The smallest absolute Gasteiger partial charge is 0.282 e. The van der Waals surface area contributed by atoms with Crippen molar-refractivity contribution in [2.24, 2.45) is 12.0 Å². The maximum atomic E-state index is 12.6. The van der Waals surface area contributed by atoms with Crippen LogP contribution in [0.3, 0.4) is 0 Å². The van der Waals surface area contributed by atoms with Gasteiger partial charge in [0.1, 0.15) is 18.3 Å². The lowest BCUT2D eigenvalue weighted by atomic mass is 10.1. The largest absolute Gasteiger partial charge is 0.394 e. The molecule has 2 N–H and O–H groups in total. The SMILES string of the molecule is CO[C@@H]1[C@H](O)[C@@H](CO)O[C@H]1n1cnc2c(=O)n(C)c(N=CN(C)C)nc21. The number of aliphatic imine (C=N–C) groups is 1. The second-order valence-electron chi connectivity index (χ2n) is 6.25. The number of ether oxygens (including phenoxy) is 2. The quantitative estimate of drug-likeness (QED) is 0.489. The first-order valence-corrected chi connectivity index (χ1v) is 8.00. The highest BCUT2D eigenvalue weighted by atomic mass is 16.6. The van der Waals surface area contributed by atoms with Crippen molar-refractivity contribution in [3.63, 3.8) is 0 Å². The highest BCUT2D eigenvalue weighted by Crippen LogP contribution is 2.32. The molecule has 3 rings (SSSR count). The molecule has 0 saturated carbocycles. The van der Waals surface area contributed by atoms with Gasteiger partial charge in [0, 0.05) is 28.3 Å². The zero-order valence-corrected chi connectivity index (χ0v) is 15.0. The molecular formula is C15H22N6O5. The molecule has 26 heavy (non-hydrogen) atoms. The third-order valence-electron chi connectivity index (χ3n) is 4.22. The average Bonchev–Trinajstić information content (AvgIpc) is 3.16. The number of aromatic nitrogens is 4. The Morgan fingerprint density at radius 2 is 2.23 bits per heavy atom. The fraction of sp³-hybridized carbons (Fsp3) is 0.600. The Morgan fingerprint density at radius 3 is 2.85 bits per heavy atom. The highest BCUT2D eigenvalue weighted by molar-refractivity contribution is 5.71. The minimum atomic E-state index is -1.02. The van der Waals surface area contributed by atoms with Crippen molar-refractivity contribution in [3.8, 4) is 0 Å². The lowest BCUT2D eigenvalue weighted by Crippen LogP contribution is -2.34. The van der Waals surface area contributed by atoms with Crippen LogP contribution in [0, 0.1) is 0 Å². The van der Waals surface area contributed by atoms with Crippen molar-refractivity contribution in [1.82, 2.24) is 24.0 Å². The van der Waals surface area contributed by atoms with E-state index in [-0.39, 0.29) is 29.3 Å². The molecule has 0 spiro atoms. The third kappa shape index (κ3) is 2.98. The number of hydrogen-bond donors (Lipinski definition) is 2. The Balaban J connectivity index is 2.12. The molecule has 0 radical (unpaired) electrons. The topological polar surface area (TPSA) is 127 Å². The molecule has 2 aromatic heterocycles. The fourth-order valence-electron chi connectivity index (χ4n) is 2.85. The number of fused-ring (bicyclic) bond motifs is 1. The van der Waals surface area contributed by atoms with Gasteiger partial charge in [-0.15, -0.1) is 0 Å². The Kier molecular flexibility index (Phi) is 5.05. The molecule has 1 aliphatic rings. The number of imidazole rings is 1. The first-order chi connectivity index (χ1) is 12.4. The van der Waals surface area contributed by atoms with E-state index in [9.17, 15) is 15.0 Å². The van der Waals surface area contributed by atoms with E-state index in [1.54, 1.807) is 26.0 Å². The molecule has 2 aromatic rings. The summed E-state index contributed by atoms with van der Waals surface area (Å²) >= 11 is 0. The van der Waals surface area contributed by atoms with E-state index in [0.717, 1.165) is 0 Å². The molecule has 4 atom stereocenters. The van der Waals surface area contributed by atoms with Crippen LogP contribution in [0.1, 0.15) is 6.23 Å². The van der Waals surface area contributed by atoms with Crippen molar-refractivity contribution in [2.45, 2.75) is 24.5 Å². The molecule has 1 aliphatic heterocycles. The molecule has 0 bridgehead atoms. The van der Waals surface area contributed by atoms with Gasteiger partial charge in [0.2, 0.25) is 5.95 Å². The van der Waals surface area contributed by atoms with Gasteiger partial charge < -0.3 is 24.6 Å². The molecule has 0 amide bonds. The van der Waals surface area contributed by atoms with Gasteiger partial charge in [-0.25, -0.2) is 9.98 Å². The van der Waals surface area contributed by atoms with Crippen LogP contribution >= 0.6 is 0 Å². The Bertz CT molecular complexity index is 875. The summed E-state index contributed by atoms with van der Waals surface area (Å²) in [5.74, 6) is 0.198. The van der Waals surface area contributed by atoms with E-state index < -0.39 is 24.5 Å². The second kappa shape index (κ2) is 7.11. The zero-order valence-electron chi connectivity index (χ0n) is 15.0. The summed E-state index contributed by atoms with van der Waals surface area (Å²) in [4.78, 5) is 27.0. The van der Waals surface area contributed by atoms with Crippen molar-refractivity contribution < 1.29 is 19.7 Å². The summed E-state index contributed by atoms with van der Waals surface area (Å²) in [6.07, 6.45) is -0.428. The Morgan fingerprint density at radius 1 is 1.50 bits per heavy atom. The summed E-state index contributed by atoms with van der Waals surface area (Å²) < 4.78 is 13.8. The Hall–Kier alpha value is -2.34. The lowest BCUT2D eigenvalue weighted by Gasteiger charge is -2.20. The number of rotatable bonds is 5. The van der Waals surface area contributed by atoms with Gasteiger partial charge in [-0.2, -0.15) is 4.98 Å². The van der Waals surface area contributed by atoms with Crippen LogP contribution in [0.15, 0.2) is 16.1 Å². The minimum Gasteiger partial charge on any atom is -0.394 e. The lowest BCUT2D eigenvalue weighted by molar-refractivity contribution is -0.0583. The zero-order chi connectivity index (χ0) is 19.0. The average molecular weight is 366 g/mol. The van der Waals surface area contributed by atoms with Gasteiger partial charge in [0.05, 0.1) is 19.3 Å². The van der Waals surface area contributed by atoms with E-state index in [0.29, 0.717) is 0 Å². The number of methoxy groups -OCH3 is 1. The molecule has 0 unspecified atom stereocenters. The van der Waals surface area contributed by atoms with Crippen LogP contribution in [0.25, 0.3) is 11.2 Å². The second-order valence-corrected chi connectivity index (χ2v) is 6.25. The molecule has 142 valence electrons. The van der Waals surface area contributed by atoms with E-state index >= 15 is 0 Å². The van der Waals surface area contributed by atoms with E-state index in [4.69, 9.17) is 9.47 Å². The van der Waals surface area contributed by atoms with Crippen molar-refractivity contribution in [3.05, 3.63) is 16.7 Å². The predicted molar refractivity (Wildman–Crippen MR) is 92.4 cm³/mol. The maximum Gasteiger partial charge on any atom is 0.282 e. The molecule has 0 aromatic carbocycles. The number of hydrogen-bond acceptors (Lipinski definition) is 8. The van der Waals surface area contributed by atoms with E-state index in [1.807, 2.05) is 0 Å². The highest BCUT2D eigenvalue weighted by Gasteiger charge is 2.45. The van der Waals surface area contributed by atoms with Crippen LogP contribution in [-0.4, -0.2) is 86.7 Å². The van der Waals surface area contributed by atoms with Gasteiger partial charge in [-0.05, 0) is 0 Å². The summed E-state index contributed by atoms with van der Waals surface area (Å²) in [6.45, 7) is -0.363. The molecule has 1 fully saturated rings. The summed E-state index contributed by atoms with van der Waals surface area (Å²) in [5.41, 5.74) is 0.0550. The van der Waals surface area contributed by atoms with Crippen molar-refractivity contribution in [1.29, 1.82) is 0 Å². The van der Waals surface area contributed by atoms with Gasteiger partial charge in [0.15, 0.2) is 17.4 Å². The van der Waals surface area contributed by atoms with Gasteiger partial charge in [0.25, 0.3) is 5.56 Å². The summed E-state index contributed by atoms with van der Waals surface area (Å²) in [7, 11) is 6.60. The Labute approximate surface area is 149 Å². The fourth-order valence-corrected chi connectivity index (χ4v) is 2.85. The summed E-state index contributed by atoms with van der Waals surface area (Å²) in [6, 6.07) is 0. The molecule has 3 heterocycles. The molecule has 0 aliphatic carbocycles. The summed E-state index contributed by atoms with van der Waals surface area (Å²) in [5, 5.41) is 19.6. The van der Waals surface area contributed by atoms with Crippen molar-refractivity contribution >= 4 is 23.5 Å². The number of aliphatic hydroxyl groups is 2. The maximum absolute atomic E-state index is 12.6. The number of nitrogens with zero attached hydrogens (tertiary/aromatic N) is 6. The first-order valence-electron chi connectivity index (χ1n) is 8.00. The van der Waals surface area contributed by atoms with Gasteiger partial charge in [-0.1, -0.05) is 0 Å². The number of aliphatic hydroxyl groups excluding tert-OH is 2. The van der Waals surface area contributed by atoms with Crippen molar-refractivity contribution in [2.75, 3.05) is 27.8 Å². The normalized spacial score (nSPS) is 26.2.